The molecule has 2 saturated heterocycles. The average molecular weight is 563 g/mol. The predicted molar refractivity (Wildman–Crippen MR) is 143 cm³/mol. The molecule has 0 amide bonds. The minimum atomic E-state index is -0.644. The van der Waals surface area contributed by atoms with Gasteiger partial charge in [-0.2, -0.15) is 10.2 Å². The number of hydrogen-bond donors (Lipinski definition) is 1. The number of nitrogen functional groups attached to an aromatic ring is 1. The van der Waals surface area contributed by atoms with Crippen LogP contribution in [0.4, 0.5) is 13.8 Å². The third-order valence-electron chi connectivity index (χ3n) is 8.74. The number of benzene rings is 1. The summed E-state index contributed by atoms with van der Waals surface area (Å²) in [7, 11) is 0. The van der Waals surface area contributed by atoms with E-state index in [1.807, 2.05) is 6.07 Å². The Kier molecular flexibility index (Phi) is 5.32. The van der Waals surface area contributed by atoms with Gasteiger partial charge in [-0.3, -0.25) is 9.88 Å². The van der Waals surface area contributed by atoms with Crippen molar-refractivity contribution in [2.75, 3.05) is 32.0 Å². The van der Waals surface area contributed by atoms with Gasteiger partial charge in [0.05, 0.1) is 54.7 Å². The number of aromatic nitrogens is 3. The first-order valence-corrected chi connectivity index (χ1v) is 14.1. The van der Waals surface area contributed by atoms with Crippen molar-refractivity contribution in [2.24, 2.45) is 5.41 Å². The van der Waals surface area contributed by atoms with Gasteiger partial charge in [-0.05, 0) is 30.4 Å². The molecule has 40 heavy (non-hydrogen) atoms. The third kappa shape index (κ3) is 3.61. The molecule has 9 nitrogen and oxygen atoms in total. The lowest BCUT2D eigenvalue weighted by Crippen LogP contribution is -2.42. The summed E-state index contributed by atoms with van der Waals surface area (Å²) in [4.78, 5) is 15.7. The zero-order valence-electron chi connectivity index (χ0n) is 21.4. The van der Waals surface area contributed by atoms with Gasteiger partial charge in [-0.25, -0.2) is 13.8 Å². The molecule has 2 N–H and O–H groups in total. The highest BCUT2D eigenvalue weighted by atomic mass is 32.1. The van der Waals surface area contributed by atoms with Crippen molar-refractivity contribution in [2.45, 2.75) is 44.6 Å². The van der Waals surface area contributed by atoms with Crippen LogP contribution in [0.1, 0.15) is 36.0 Å². The number of nitriles is 1. The number of nitrogens with two attached hydrogens (primary N) is 1. The summed E-state index contributed by atoms with van der Waals surface area (Å²) in [6.07, 6.45) is 6.18. The Morgan fingerprint density at radius 1 is 1.23 bits per heavy atom. The SMILES string of the molecule is N#Cc1c(N)sc2c(F)cnc(-c3c4c(c5cnc(OCC6(CN7C[C@@H]8C[C@H]7CO8)CC6)nc5c3F)COC4)c12. The minimum absolute atomic E-state index is 0.0501. The van der Waals surface area contributed by atoms with Crippen molar-refractivity contribution >= 4 is 37.3 Å². The molecular formula is C28H24F2N6O3S. The first kappa shape index (κ1) is 24.3. The van der Waals surface area contributed by atoms with E-state index in [1.54, 1.807) is 6.20 Å². The average Bonchev–Trinajstić information content (AvgIpc) is 3.39. The molecule has 8 rings (SSSR count). The Balaban J connectivity index is 1.18. The second-order valence-electron chi connectivity index (χ2n) is 11.2. The number of rotatable bonds is 6. The highest BCUT2D eigenvalue weighted by Gasteiger charge is 2.49. The Hall–Kier alpha value is -3.50. The van der Waals surface area contributed by atoms with Crippen LogP contribution >= 0.6 is 11.3 Å². The van der Waals surface area contributed by atoms with Crippen molar-refractivity contribution in [1.82, 2.24) is 19.9 Å². The normalized spacial score (nSPS) is 22.7. The van der Waals surface area contributed by atoms with Gasteiger partial charge in [0, 0.05) is 47.1 Å². The van der Waals surface area contributed by atoms with Gasteiger partial charge in [-0.15, -0.1) is 11.3 Å². The first-order valence-electron chi connectivity index (χ1n) is 13.3. The Morgan fingerprint density at radius 3 is 2.83 bits per heavy atom. The van der Waals surface area contributed by atoms with Gasteiger partial charge in [0.1, 0.15) is 16.6 Å². The monoisotopic (exact) mass is 562 g/mol. The van der Waals surface area contributed by atoms with Crippen molar-refractivity contribution < 1.29 is 23.0 Å². The summed E-state index contributed by atoms with van der Waals surface area (Å²) in [5, 5.41) is 10.6. The fourth-order valence-corrected chi connectivity index (χ4v) is 7.37. The predicted octanol–water partition coefficient (Wildman–Crippen LogP) is 4.30. The van der Waals surface area contributed by atoms with E-state index >= 15 is 4.39 Å². The molecule has 3 aromatic heterocycles. The number of anilines is 1. The van der Waals surface area contributed by atoms with Crippen LogP contribution in [0.3, 0.4) is 0 Å². The van der Waals surface area contributed by atoms with E-state index in [1.165, 1.54) is 0 Å². The number of morpholine rings is 1. The number of thiophene rings is 1. The van der Waals surface area contributed by atoms with Crippen molar-refractivity contribution in [1.29, 1.82) is 5.26 Å². The van der Waals surface area contributed by atoms with Crippen LogP contribution < -0.4 is 10.5 Å². The molecular weight excluding hydrogens is 538 g/mol. The van der Waals surface area contributed by atoms with E-state index in [0.717, 1.165) is 62.1 Å². The molecule has 0 spiro atoms. The largest absolute Gasteiger partial charge is 0.463 e. The van der Waals surface area contributed by atoms with Gasteiger partial charge in [0.25, 0.3) is 0 Å². The Labute approximate surface area is 231 Å². The summed E-state index contributed by atoms with van der Waals surface area (Å²) >= 11 is 0.944. The van der Waals surface area contributed by atoms with Crippen LogP contribution in [0.5, 0.6) is 6.01 Å². The van der Waals surface area contributed by atoms with Gasteiger partial charge < -0.3 is 19.9 Å². The Morgan fingerprint density at radius 2 is 2.08 bits per heavy atom. The topological polar surface area (TPSA) is 119 Å². The summed E-state index contributed by atoms with van der Waals surface area (Å²) in [5.74, 6) is -1.26. The summed E-state index contributed by atoms with van der Waals surface area (Å²) in [6.45, 7) is 3.56. The molecule has 2 bridgehead atoms. The maximum atomic E-state index is 16.4. The molecule has 4 aliphatic rings. The fraction of sp³-hybridized carbons (Fsp3) is 0.429. The number of pyridine rings is 1. The van der Waals surface area contributed by atoms with E-state index in [9.17, 15) is 9.65 Å². The maximum Gasteiger partial charge on any atom is 0.317 e. The van der Waals surface area contributed by atoms with Gasteiger partial charge in [0.15, 0.2) is 11.6 Å². The maximum absolute atomic E-state index is 16.4. The molecule has 4 aromatic rings. The number of halogens is 2. The number of ether oxygens (including phenoxy) is 3. The Bertz CT molecular complexity index is 1770. The lowest BCUT2D eigenvalue weighted by molar-refractivity contribution is 0.0176. The van der Waals surface area contributed by atoms with Crippen molar-refractivity contribution in [3.8, 4) is 23.3 Å². The highest BCUT2D eigenvalue weighted by molar-refractivity contribution is 7.23. The van der Waals surface area contributed by atoms with E-state index in [-0.39, 0.29) is 62.1 Å². The quantitative estimate of drug-likeness (QED) is 0.367. The second kappa shape index (κ2) is 8.75. The van der Waals surface area contributed by atoms with E-state index < -0.39 is 11.6 Å². The zero-order chi connectivity index (χ0) is 27.2. The standard InChI is InChI=1S/C28H24F2N6O3S/c29-19-6-33-24(21-15(4-31)26(32)40-25(19)21)20-18-10-37-9-17(18)16-5-34-27(35-23(16)22(20)30)39-12-28(1-2-28)11-36-7-14-3-13(36)8-38-14/h5-6,13-14H,1-3,7-12,32H2/t13-,14-/m0/s1. The van der Waals surface area contributed by atoms with E-state index in [4.69, 9.17) is 19.9 Å². The lowest BCUT2D eigenvalue weighted by atomic mass is 9.94. The smallest absolute Gasteiger partial charge is 0.317 e. The van der Waals surface area contributed by atoms with Gasteiger partial charge in [-0.1, -0.05) is 0 Å². The van der Waals surface area contributed by atoms with Crippen LogP contribution in [-0.2, 0) is 22.7 Å². The van der Waals surface area contributed by atoms with E-state index in [0.29, 0.717) is 29.7 Å². The minimum Gasteiger partial charge on any atom is -0.463 e. The molecule has 0 unspecified atom stereocenters. The molecule has 6 heterocycles. The van der Waals surface area contributed by atoms with Crippen LogP contribution in [-0.4, -0.2) is 58.3 Å². The number of likely N-dealkylation sites (tertiary alicyclic amines) is 1. The molecule has 1 aliphatic carbocycles. The molecule has 1 saturated carbocycles. The molecule has 1 aromatic carbocycles. The molecule has 12 heteroatoms. The van der Waals surface area contributed by atoms with Crippen LogP contribution in [0.15, 0.2) is 12.4 Å². The summed E-state index contributed by atoms with van der Waals surface area (Å²) < 4.78 is 48.8. The van der Waals surface area contributed by atoms with Crippen LogP contribution in [0.2, 0.25) is 0 Å². The van der Waals surface area contributed by atoms with Crippen molar-refractivity contribution in [3.05, 3.63) is 40.7 Å². The molecule has 0 radical (unpaired) electrons. The number of fused-ring (bicyclic) bond motifs is 6. The van der Waals surface area contributed by atoms with Crippen LogP contribution in [0, 0.1) is 28.4 Å². The molecule has 3 fully saturated rings. The highest BCUT2D eigenvalue weighted by Crippen LogP contribution is 2.48. The second-order valence-corrected chi connectivity index (χ2v) is 12.3. The van der Waals surface area contributed by atoms with Crippen molar-refractivity contribution in [3.63, 3.8) is 0 Å². The van der Waals surface area contributed by atoms with Gasteiger partial charge in [0.2, 0.25) is 0 Å². The first-order chi connectivity index (χ1) is 19.4. The van der Waals surface area contributed by atoms with E-state index in [2.05, 4.69) is 19.9 Å². The summed E-state index contributed by atoms with van der Waals surface area (Å²) in [6, 6.07) is 2.62. The summed E-state index contributed by atoms with van der Waals surface area (Å²) in [5.41, 5.74) is 7.82. The number of nitrogens with zero attached hydrogens (tertiary/aromatic N) is 5. The third-order valence-corrected chi connectivity index (χ3v) is 9.77. The lowest BCUT2D eigenvalue weighted by Gasteiger charge is -2.30. The van der Waals surface area contributed by atoms with Crippen LogP contribution in [0.25, 0.3) is 32.2 Å². The molecule has 2 atom stereocenters. The van der Waals surface area contributed by atoms with Gasteiger partial charge >= 0.3 is 6.01 Å². The molecule has 3 aliphatic heterocycles. The molecule has 204 valence electrons. The zero-order valence-corrected chi connectivity index (χ0v) is 22.2. The fourth-order valence-electron chi connectivity index (χ4n) is 6.45. The number of hydrogen-bond acceptors (Lipinski definition) is 10.